The number of carboxylic acid groups (broad SMARTS) is 1. The molecule has 0 fully saturated rings. The van der Waals surface area contributed by atoms with Gasteiger partial charge in [-0.1, -0.05) is 118 Å². The predicted octanol–water partition coefficient (Wildman–Crippen LogP) is 9.97. The number of ether oxygens (including phenoxy) is 1. The average molecular weight is 551 g/mol. The first-order chi connectivity index (χ1) is 19.0. The maximum Gasteiger partial charge on any atom is 0.339 e. The van der Waals surface area contributed by atoms with Gasteiger partial charge in [-0.15, -0.1) is 0 Å². The summed E-state index contributed by atoms with van der Waals surface area (Å²) in [5, 5.41) is 21.4. The highest BCUT2D eigenvalue weighted by atomic mass is 17.2. The van der Waals surface area contributed by atoms with E-state index in [2.05, 4.69) is 27.7 Å². The third kappa shape index (κ3) is 13.8. The van der Waals surface area contributed by atoms with Crippen molar-refractivity contribution in [2.75, 3.05) is 13.2 Å². The normalized spacial score (nSPS) is 11.2. The fraction of sp³-hybridized carbons (Fsp3) is 0.788. The summed E-state index contributed by atoms with van der Waals surface area (Å²) in [5.41, 5.74) is 1.51. The minimum Gasteiger partial charge on any atom is -0.503 e. The van der Waals surface area contributed by atoms with Gasteiger partial charge in [0.15, 0.2) is 11.5 Å². The highest BCUT2D eigenvalue weighted by molar-refractivity contribution is 5.95. The second-order valence-electron chi connectivity index (χ2n) is 10.8. The molecule has 0 heterocycles. The summed E-state index contributed by atoms with van der Waals surface area (Å²) in [7, 11) is 0. The van der Waals surface area contributed by atoms with Crippen LogP contribution in [0.2, 0.25) is 0 Å². The molecular formula is C33H58O6. The Hall–Kier alpha value is -1.95. The Balaban J connectivity index is 3.29. The largest absolute Gasteiger partial charge is 0.503 e. The van der Waals surface area contributed by atoms with Crippen molar-refractivity contribution in [3.63, 3.8) is 0 Å². The predicted molar refractivity (Wildman–Crippen MR) is 160 cm³/mol. The van der Waals surface area contributed by atoms with Crippen LogP contribution in [0, 0.1) is 0 Å². The molecular weight excluding hydrogens is 492 g/mol. The summed E-state index contributed by atoms with van der Waals surface area (Å²) in [5.74, 6) is -1.04. The van der Waals surface area contributed by atoms with Crippen molar-refractivity contribution in [3.8, 4) is 17.2 Å². The summed E-state index contributed by atoms with van der Waals surface area (Å²) in [6.07, 6.45) is 21.1. The summed E-state index contributed by atoms with van der Waals surface area (Å²) < 4.78 is 6.25. The molecule has 0 aromatic heterocycles. The van der Waals surface area contributed by atoms with Gasteiger partial charge in [-0.05, 0) is 44.1 Å². The molecule has 1 aromatic rings. The van der Waals surface area contributed by atoms with Crippen LogP contribution in [0.5, 0.6) is 17.2 Å². The Morgan fingerprint density at radius 1 is 0.590 bits per heavy atom. The van der Waals surface area contributed by atoms with Crippen molar-refractivity contribution in [2.45, 2.75) is 156 Å². The van der Waals surface area contributed by atoms with E-state index in [1.165, 1.54) is 57.8 Å². The van der Waals surface area contributed by atoms with E-state index in [0.29, 0.717) is 37.4 Å². The lowest BCUT2D eigenvalue weighted by molar-refractivity contribution is -0.209. The molecule has 0 unspecified atom stereocenters. The van der Waals surface area contributed by atoms with Crippen molar-refractivity contribution >= 4 is 5.97 Å². The van der Waals surface area contributed by atoms with Gasteiger partial charge in [0, 0.05) is 5.56 Å². The summed E-state index contributed by atoms with van der Waals surface area (Å²) in [4.78, 5) is 23.5. The molecule has 1 rings (SSSR count). The van der Waals surface area contributed by atoms with Gasteiger partial charge in [-0.25, -0.2) is 4.79 Å². The molecule has 0 aliphatic rings. The molecule has 6 nitrogen and oxygen atoms in total. The van der Waals surface area contributed by atoms with E-state index in [4.69, 9.17) is 14.5 Å². The molecule has 6 heteroatoms. The van der Waals surface area contributed by atoms with Gasteiger partial charge in [-0.3, -0.25) is 0 Å². The molecule has 0 aliphatic heterocycles. The average Bonchev–Trinajstić information content (AvgIpc) is 2.92. The van der Waals surface area contributed by atoms with E-state index in [1.54, 1.807) is 0 Å². The van der Waals surface area contributed by atoms with E-state index < -0.39 is 5.97 Å². The molecule has 0 saturated carbocycles. The number of benzene rings is 1. The van der Waals surface area contributed by atoms with E-state index >= 15 is 0 Å². The second-order valence-corrected chi connectivity index (χ2v) is 10.8. The topological polar surface area (TPSA) is 85.2 Å². The Morgan fingerprint density at radius 2 is 1.05 bits per heavy atom. The van der Waals surface area contributed by atoms with Crippen LogP contribution in [0.4, 0.5) is 0 Å². The lowest BCUT2D eigenvalue weighted by Gasteiger charge is -2.22. The van der Waals surface area contributed by atoms with Crippen LogP contribution >= 0.6 is 0 Å². The van der Waals surface area contributed by atoms with E-state index in [9.17, 15) is 15.0 Å². The van der Waals surface area contributed by atoms with Crippen molar-refractivity contribution in [2.24, 2.45) is 0 Å². The summed E-state index contributed by atoms with van der Waals surface area (Å²) in [6, 6.07) is 0. The van der Waals surface area contributed by atoms with Crippen LogP contribution in [0.3, 0.4) is 0 Å². The number of hydrogen-bond donors (Lipinski definition) is 2. The van der Waals surface area contributed by atoms with Gasteiger partial charge >= 0.3 is 5.97 Å². The van der Waals surface area contributed by atoms with Crippen LogP contribution < -0.4 is 9.62 Å². The lowest BCUT2D eigenvalue weighted by atomic mass is 9.90. The van der Waals surface area contributed by atoms with Crippen LogP contribution in [0.15, 0.2) is 0 Å². The number of carbonyl (C=O) groups is 1. The van der Waals surface area contributed by atoms with Crippen LogP contribution in [0.1, 0.15) is 165 Å². The molecule has 0 spiro atoms. The number of rotatable bonds is 26. The Kier molecular flexibility index (Phi) is 20.5. The van der Waals surface area contributed by atoms with Crippen LogP contribution in [-0.2, 0) is 17.7 Å². The Labute approximate surface area is 238 Å². The highest BCUT2D eigenvalue weighted by Crippen LogP contribution is 2.46. The first-order valence-corrected chi connectivity index (χ1v) is 16.1. The van der Waals surface area contributed by atoms with Crippen LogP contribution in [0.25, 0.3) is 0 Å². The van der Waals surface area contributed by atoms with E-state index in [-0.39, 0.29) is 17.1 Å². The number of unbranched alkanes of at least 4 members (excludes halogenated alkanes) is 14. The fourth-order valence-corrected chi connectivity index (χ4v) is 4.93. The standard InChI is InChI=1S/C33H58O6/c1-5-9-13-15-17-19-21-23-27-28(24-22-20-18-16-14-10-6-2)31(37-25-11-7-3)32(39-38-26-12-8-4)30(34)29(27)33(35)36/h34H,5-26H2,1-4H3,(H,35,36). The number of aromatic hydroxyl groups is 1. The molecule has 0 bridgehead atoms. The molecule has 0 amide bonds. The van der Waals surface area contributed by atoms with Gasteiger partial charge in [0.1, 0.15) is 5.56 Å². The molecule has 0 atom stereocenters. The smallest absolute Gasteiger partial charge is 0.339 e. The second kappa shape index (κ2) is 22.8. The maximum absolute atomic E-state index is 12.5. The first-order valence-electron chi connectivity index (χ1n) is 16.1. The van der Waals surface area contributed by atoms with Crippen LogP contribution in [-0.4, -0.2) is 29.4 Å². The molecule has 39 heavy (non-hydrogen) atoms. The van der Waals surface area contributed by atoms with Crippen molar-refractivity contribution in [3.05, 3.63) is 16.7 Å². The highest BCUT2D eigenvalue weighted by Gasteiger charge is 2.30. The Morgan fingerprint density at radius 3 is 1.56 bits per heavy atom. The summed E-state index contributed by atoms with van der Waals surface area (Å²) in [6.45, 7) is 9.44. The number of phenols is 1. The lowest BCUT2D eigenvalue weighted by Crippen LogP contribution is -2.13. The number of aromatic carboxylic acids is 1. The number of carboxylic acids is 1. The number of hydrogen-bond acceptors (Lipinski definition) is 5. The van der Waals surface area contributed by atoms with E-state index in [1.807, 2.05) is 0 Å². The van der Waals surface area contributed by atoms with Gasteiger partial charge in [0.05, 0.1) is 13.2 Å². The summed E-state index contributed by atoms with van der Waals surface area (Å²) >= 11 is 0. The zero-order valence-electron chi connectivity index (χ0n) is 25.6. The van der Waals surface area contributed by atoms with E-state index in [0.717, 1.165) is 63.4 Å². The zero-order valence-corrected chi connectivity index (χ0v) is 25.6. The van der Waals surface area contributed by atoms with Gasteiger partial charge in [0.25, 0.3) is 0 Å². The van der Waals surface area contributed by atoms with Gasteiger partial charge in [0.2, 0.25) is 5.75 Å². The monoisotopic (exact) mass is 550 g/mol. The fourth-order valence-electron chi connectivity index (χ4n) is 4.93. The van der Waals surface area contributed by atoms with Crippen molar-refractivity contribution < 1.29 is 29.5 Å². The van der Waals surface area contributed by atoms with Crippen molar-refractivity contribution in [1.82, 2.24) is 0 Å². The molecule has 226 valence electrons. The minimum absolute atomic E-state index is 0.0147. The minimum atomic E-state index is -1.13. The molecule has 2 N–H and O–H groups in total. The third-order valence-corrected chi connectivity index (χ3v) is 7.34. The van der Waals surface area contributed by atoms with Gasteiger partial charge < -0.3 is 19.8 Å². The van der Waals surface area contributed by atoms with Crippen molar-refractivity contribution in [1.29, 1.82) is 0 Å². The first kappa shape index (κ1) is 35.1. The molecule has 0 radical (unpaired) electrons. The molecule has 0 saturated heterocycles. The maximum atomic E-state index is 12.5. The molecule has 1 aromatic carbocycles. The quantitative estimate of drug-likeness (QED) is 0.0678. The SMILES string of the molecule is CCCCCCCCCc1c(CCCCCCCCC)c(C(=O)O)c(O)c(OOCCCC)c1OCCCC. The van der Waals surface area contributed by atoms with Gasteiger partial charge in [-0.2, -0.15) is 4.89 Å². The Bertz CT molecular complexity index is 776. The zero-order chi connectivity index (χ0) is 28.7. The third-order valence-electron chi connectivity index (χ3n) is 7.34. The molecule has 0 aliphatic carbocycles.